The van der Waals surface area contributed by atoms with Gasteiger partial charge in [-0.2, -0.15) is 0 Å². The second-order valence-electron chi connectivity index (χ2n) is 5.78. The molecular weight excluding hydrogens is 266 g/mol. The molecular formula is C16H23N3O2. The zero-order chi connectivity index (χ0) is 15.2. The number of hydrogen-bond acceptors (Lipinski definition) is 3. The van der Waals surface area contributed by atoms with Crippen LogP contribution in [0.2, 0.25) is 0 Å². The van der Waals surface area contributed by atoms with Crippen molar-refractivity contribution in [2.45, 2.75) is 32.4 Å². The molecule has 1 fully saturated rings. The van der Waals surface area contributed by atoms with Gasteiger partial charge < -0.3 is 10.6 Å². The minimum Gasteiger partial charge on any atom is -0.352 e. The van der Waals surface area contributed by atoms with Crippen LogP contribution < -0.4 is 10.6 Å². The first-order chi connectivity index (χ1) is 10.0. The van der Waals surface area contributed by atoms with Crippen molar-refractivity contribution in [3.05, 3.63) is 35.4 Å². The maximum absolute atomic E-state index is 11.8. The van der Waals surface area contributed by atoms with Crippen molar-refractivity contribution in [1.82, 2.24) is 15.5 Å². The van der Waals surface area contributed by atoms with Gasteiger partial charge in [-0.25, -0.2) is 0 Å². The minimum atomic E-state index is -0.0719. The predicted octanol–water partition coefficient (Wildman–Crippen LogP) is 0.822. The topological polar surface area (TPSA) is 61.4 Å². The van der Waals surface area contributed by atoms with E-state index in [4.69, 9.17) is 0 Å². The van der Waals surface area contributed by atoms with Crippen molar-refractivity contribution in [3.63, 3.8) is 0 Å². The summed E-state index contributed by atoms with van der Waals surface area (Å²) in [6.45, 7) is 3.03. The SMILES string of the molecule is Cc1ccc(CNC(=O)CN(C)CC(=O)NC2CC2)cc1. The van der Waals surface area contributed by atoms with Gasteiger partial charge in [0.15, 0.2) is 0 Å². The first-order valence-electron chi connectivity index (χ1n) is 7.33. The molecule has 114 valence electrons. The van der Waals surface area contributed by atoms with E-state index in [0.29, 0.717) is 12.6 Å². The lowest BCUT2D eigenvalue weighted by Crippen LogP contribution is -2.41. The van der Waals surface area contributed by atoms with Crippen LogP contribution in [-0.4, -0.2) is 42.9 Å². The molecule has 0 aliphatic heterocycles. The standard InChI is InChI=1S/C16H23N3O2/c1-12-3-5-13(6-4-12)9-17-15(20)10-19(2)11-16(21)18-14-7-8-14/h3-6,14H,7-11H2,1-2H3,(H,17,20)(H,18,21). The van der Waals surface area contributed by atoms with Gasteiger partial charge >= 0.3 is 0 Å². The van der Waals surface area contributed by atoms with Crippen LogP contribution in [0.3, 0.4) is 0 Å². The van der Waals surface area contributed by atoms with Crippen molar-refractivity contribution < 1.29 is 9.59 Å². The fraction of sp³-hybridized carbons (Fsp3) is 0.500. The minimum absolute atomic E-state index is 0.00802. The summed E-state index contributed by atoms with van der Waals surface area (Å²) in [5.41, 5.74) is 2.27. The van der Waals surface area contributed by atoms with Crippen LogP contribution in [0.4, 0.5) is 0 Å². The quantitative estimate of drug-likeness (QED) is 0.781. The molecule has 0 spiro atoms. The lowest BCUT2D eigenvalue weighted by Gasteiger charge is -2.16. The first kappa shape index (κ1) is 15.5. The second kappa shape index (κ2) is 7.22. The average molecular weight is 289 g/mol. The van der Waals surface area contributed by atoms with Gasteiger partial charge in [-0.3, -0.25) is 14.5 Å². The molecule has 2 amide bonds. The number of amides is 2. The molecule has 0 bridgehead atoms. The number of carbonyl (C=O) groups excluding carboxylic acids is 2. The fourth-order valence-corrected chi connectivity index (χ4v) is 2.01. The molecule has 0 saturated heterocycles. The highest BCUT2D eigenvalue weighted by Crippen LogP contribution is 2.18. The van der Waals surface area contributed by atoms with Gasteiger partial charge in [0.1, 0.15) is 0 Å². The summed E-state index contributed by atoms with van der Waals surface area (Å²) in [5, 5.41) is 5.77. The summed E-state index contributed by atoms with van der Waals surface area (Å²) in [5.74, 6) is -0.0800. The molecule has 1 aliphatic carbocycles. The predicted molar refractivity (Wildman–Crippen MR) is 81.7 cm³/mol. The molecule has 0 radical (unpaired) electrons. The van der Waals surface area contributed by atoms with Crippen LogP contribution in [0.25, 0.3) is 0 Å². The summed E-state index contributed by atoms with van der Waals surface area (Å²) in [6, 6.07) is 8.41. The van der Waals surface area contributed by atoms with Gasteiger partial charge in [0.2, 0.25) is 11.8 Å². The molecule has 1 saturated carbocycles. The Hall–Kier alpha value is -1.88. The Kier molecular flexibility index (Phi) is 5.33. The van der Waals surface area contributed by atoms with Crippen molar-refractivity contribution >= 4 is 11.8 Å². The van der Waals surface area contributed by atoms with Gasteiger partial charge in [-0.1, -0.05) is 29.8 Å². The zero-order valence-electron chi connectivity index (χ0n) is 12.7. The van der Waals surface area contributed by atoms with Crippen LogP contribution in [-0.2, 0) is 16.1 Å². The Balaban J connectivity index is 1.65. The molecule has 5 nitrogen and oxygen atoms in total. The number of nitrogens with one attached hydrogen (secondary N) is 2. The Morgan fingerprint density at radius 3 is 2.38 bits per heavy atom. The summed E-state index contributed by atoms with van der Waals surface area (Å²) in [6.07, 6.45) is 2.15. The van der Waals surface area contributed by atoms with Gasteiger partial charge in [0.25, 0.3) is 0 Å². The Bertz CT molecular complexity index is 495. The molecule has 1 aliphatic rings. The largest absolute Gasteiger partial charge is 0.352 e. The molecule has 0 aromatic heterocycles. The normalized spacial score (nSPS) is 14.0. The highest BCUT2D eigenvalue weighted by atomic mass is 16.2. The third-order valence-electron chi connectivity index (χ3n) is 3.38. The third kappa shape index (κ3) is 5.95. The van der Waals surface area contributed by atoms with Crippen molar-refractivity contribution in [1.29, 1.82) is 0 Å². The lowest BCUT2D eigenvalue weighted by molar-refractivity contribution is -0.124. The first-order valence-corrected chi connectivity index (χ1v) is 7.33. The lowest BCUT2D eigenvalue weighted by atomic mass is 10.1. The molecule has 0 unspecified atom stereocenters. The Labute approximate surface area is 125 Å². The third-order valence-corrected chi connectivity index (χ3v) is 3.38. The van der Waals surface area contributed by atoms with Gasteiger partial charge in [0, 0.05) is 12.6 Å². The van der Waals surface area contributed by atoms with E-state index in [1.54, 1.807) is 11.9 Å². The second-order valence-corrected chi connectivity index (χ2v) is 5.78. The van der Waals surface area contributed by atoms with Crippen molar-refractivity contribution in [2.75, 3.05) is 20.1 Å². The highest BCUT2D eigenvalue weighted by molar-refractivity contribution is 5.81. The number of likely N-dealkylation sites (N-methyl/N-ethyl adjacent to an activating group) is 1. The maximum Gasteiger partial charge on any atom is 0.234 e. The molecule has 0 heterocycles. The van der Waals surface area contributed by atoms with E-state index in [1.165, 1.54) is 5.56 Å². The monoisotopic (exact) mass is 289 g/mol. The molecule has 0 atom stereocenters. The van der Waals surface area contributed by atoms with E-state index < -0.39 is 0 Å². The number of aryl methyl sites for hydroxylation is 1. The number of hydrogen-bond donors (Lipinski definition) is 2. The number of carbonyl (C=O) groups is 2. The smallest absolute Gasteiger partial charge is 0.234 e. The zero-order valence-corrected chi connectivity index (χ0v) is 12.7. The van der Waals surface area contributed by atoms with Gasteiger partial charge in [-0.15, -0.1) is 0 Å². The molecule has 21 heavy (non-hydrogen) atoms. The van der Waals surface area contributed by atoms with E-state index in [0.717, 1.165) is 18.4 Å². The summed E-state index contributed by atoms with van der Waals surface area (Å²) in [7, 11) is 1.78. The molecule has 1 aromatic carbocycles. The van der Waals surface area contributed by atoms with Crippen molar-refractivity contribution in [3.8, 4) is 0 Å². The molecule has 5 heteroatoms. The van der Waals surface area contributed by atoms with E-state index in [9.17, 15) is 9.59 Å². The summed E-state index contributed by atoms with van der Waals surface area (Å²) in [4.78, 5) is 25.2. The van der Waals surface area contributed by atoms with E-state index in [-0.39, 0.29) is 24.9 Å². The van der Waals surface area contributed by atoms with Crippen LogP contribution in [0.5, 0.6) is 0 Å². The Morgan fingerprint density at radius 2 is 1.76 bits per heavy atom. The van der Waals surface area contributed by atoms with E-state index in [1.807, 2.05) is 31.2 Å². The number of rotatable bonds is 7. The van der Waals surface area contributed by atoms with Crippen LogP contribution in [0.15, 0.2) is 24.3 Å². The molecule has 2 N–H and O–H groups in total. The Morgan fingerprint density at radius 1 is 1.14 bits per heavy atom. The van der Waals surface area contributed by atoms with Crippen LogP contribution in [0.1, 0.15) is 24.0 Å². The maximum atomic E-state index is 11.8. The van der Waals surface area contributed by atoms with E-state index >= 15 is 0 Å². The fourth-order valence-electron chi connectivity index (χ4n) is 2.01. The average Bonchev–Trinajstić information content (AvgIpc) is 3.21. The number of nitrogens with zero attached hydrogens (tertiary/aromatic N) is 1. The molecule has 2 rings (SSSR count). The van der Waals surface area contributed by atoms with Gasteiger partial charge in [0.05, 0.1) is 13.1 Å². The number of benzene rings is 1. The highest BCUT2D eigenvalue weighted by Gasteiger charge is 2.23. The van der Waals surface area contributed by atoms with Crippen LogP contribution >= 0.6 is 0 Å². The van der Waals surface area contributed by atoms with Gasteiger partial charge in [-0.05, 0) is 32.4 Å². The van der Waals surface area contributed by atoms with Crippen molar-refractivity contribution in [2.24, 2.45) is 0 Å². The molecule has 1 aromatic rings. The van der Waals surface area contributed by atoms with E-state index in [2.05, 4.69) is 10.6 Å². The van der Waals surface area contributed by atoms with Crippen LogP contribution in [0, 0.1) is 6.92 Å². The summed E-state index contributed by atoms with van der Waals surface area (Å²) >= 11 is 0. The summed E-state index contributed by atoms with van der Waals surface area (Å²) < 4.78 is 0.